The fourth-order valence-corrected chi connectivity index (χ4v) is 2.45. The van der Waals surface area contributed by atoms with E-state index in [1.807, 2.05) is 24.3 Å². The first-order valence-electron chi connectivity index (χ1n) is 6.24. The first-order valence-corrected chi connectivity index (χ1v) is 7.32. The van der Waals surface area contributed by atoms with Crippen LogP contribution in [-0.2, 0) is 11.2 Å². The second-order valence-corrected chi connectivity index (χ2v) is 5.68. The van der Waals surface area contributed by atoms with E-state index in [0.717, 1.165) is 9.13 Å². The van der Waals surface area contributed by atoms with Crippen molar-refractivity contribution >= 4 is 34.5 Å². The predicted octanol–water partition coefficient (Wildman–Crippen LogP) is 2.11. The quantitative estimate of drug-likeness (QED) is 0.759. The molecule has 5 nitrogen and oxygen atoms in total. The summed E-state index contributed by atoms with van der Waals surface area (Å²) in [6.45, 7) is 0. The molecule has 1 aromatic carbocycles. The van der Waals surface area contributed by atoms with Gasteiger partial charge in [-0.25, -0.2) is 4.79 Å². The van der Waals surface area contributed by atoms with Gasteiger partial charge in [-0.2, -0.15) is 0 Å². The molecule has 1 amide bonds. The van der Waals surface area contributed by atoms with E-state index in [1.165, 1.54) is 12.4 Å². The number of carbonyl (C=O) groups excluding carboxylic acids is 1. The Hall–Kier alpha value is -1.96. The zero-order valence-electron chi connectivity index (χ0n) is 11.0. The molecule has 0 aliphatic rings. The van der Waals surface area contributed by atoms with Crippen molar-refractivity contribution in [1.82, 2.24) is 10.3 Å². The van der Waals surface area contributed by atoms with Crippen molar-refractivity contribution < 1.29 is 14.7 Å². The number of pyridine rings is 1. The number of halogens is 1. The second-order valence-electron chi connectivity index (χ2n) is 4.43. The van der Waals surface area contributed by atoms with Gasteiger partial charge in [0.2, 0.25) is 0 Å². The Bertz CT molecular complexity index is 646. The number of carboxylic acids is 1. The normalized spacial score (nSPS) is 11.7. The van der Waals surface area contributed by atoms with Gasteiger partial charge in [-0.3, -0.25) is 9.78 Å². The van der Waals surface area contributed by atoms with Crippen molar-refractivity contribution in [3.8, 4) is 0 Å². The fraction of sp³-hybridized carbons (Fsp3) is 0.133. The van der Waals surface area contributed by atoms with Gasteiger partial charge in [0, 0.05) is 27.9 Å². The van der Waals surface area contributed by atoms with Gasteiger partial charge in [0.25, 0.3) is 5.91 Å². The van der Waals surface area contributed by atoms with E-state index >= 15 is 0 Å². The number of carbonyl (C=O) groups is 2. The van der Waals surface area contributed by atoms with Crippen molar-refractivity contribution in [2.24, 2.45) is 0 Å². The van der Waals surface area contributed by atoms with Gasteiger partial charge < -0.3 is 10.4 Å². The van der Waals surface area contributed by atoms with E-state index in [-0.39, 0.29) is 6.42 Å². The maximum atomic E-state index is 12.0. The molecule has 0 bridgehead atoms. The van der Waals surface area contributed by atoms with Crippen LogP contribution in [0.25, 0.3) is 0 Å². The summed E-state index contributed by atoms with van der Waals surface area (Å²) in [4.78, 5) is 27.2. The smallest absolute Gasteiger partial charge is 0.326 e. The van der Waals surface area contributed by atoms with Crippen LogP contribution in [0.1, 0.15) is 15.9 Å². The van der Waals surface area contributed by atoms with Crippen molar-refractivity contribution in [2.45, 2.75) is 12.5 Å². The van der Waals surface area contributed by atoms with Gasteiger partial charge in [0.1, 0.15) is 6.04 Å². The molecule has 1 aromatic heterocycles. The van der Waals surface area contributed by atoms with Crippen LogP contribution in [-0.4, -0.2) is 28.0 Å². The molecule has 1 heterocycles. The molecule has 108 valence electrons. The molecule has 0 unspecified atom stereocenters. The summed E-state index contributed by atoms with van der Waals surface area (Å²) < 4.78 is 1.02. The van der Waals surface area contributed by atoms with Crippen LogP contribution < -0.4 is 5.32 Å². The van der Waals surface area contributed by atoms with Crippen molar-refractivity contribution in [2.75, 3.05) is 0 Å². The van der Waals surface area contributed by atoms with E-state index in [4.69, 9.17) is 0 Å². The number of nitrogens with one attached hydrogen (secondary N) is 1. The minimum absolute atomic E-state index is 0.239. The molecular weight excluding hydrogens is 383 g/mol. The molecule has 0 spiro atoms. The lowest BCUT2D eigenvalue weighted by Crippen LogP contribution is -2.42. The molecule has 1 atom stereocenters. The van der Waals surface area contributed by atoms with E-state index in [1.54, 1.807) is 12.1 Å². The monoisotopic (exact) mass is 396 g/mol. The fourth-order valence-electron chi connectivity index (χ4n) is 1.84. The number of carboxylic acid groups (broad SMARTS) is 1. The highest BCUT2D eigenvalue weighted by Crippen LogP contribution is 2.10. The number of amides is 1. The minimum atomic E-state index is -1.06. The molecule has 21 heavy (non-hydrogen) atoms. The minimum Gasteiger partial charge on any atom is -0.480 e. The van der Waals surface area contributed by atoms with Gasteiger partial charge in [0.05, 0.1) is 0 Å². The van der Waals surface area contributed by atoms with E-state index < -0.39 is 17.9 Å². The van der Waals surface area contributed by atoms with E-state index in [0.29, 0.717) is 5.56 Å². The standard InChI is InChI=1S/C15H13IN2O3/c16-12-3-1-2-10(8-12)9-13(15(20)21)18-14(19)11-4-6-17-7-5-11/h1-8,13H,9H2,(H,18,19)(H,20,21)/t13-/m0/s1. The molecule has 0 fully saturated rings. The van der Waals surface area contributed by atoms with Crippen LogP contribution in [0.3, 0.4) is 0 Å². The number of nitrogens with zero attached hydrogens (tertiary/aromatic N) is 1. The average Bonchev–Trinajstić information content (AvgIpc) is 2.47. The Kier molecular flexibility index (Phi) is 5.26. The summed E-state index contributed by atoms with van der Waals surface area (Å²) in [5.74, 6) is -1.48. The van der Waals surface area contributed by atoms with E-state index in [9.17, 15) is 14.7 Å². The largest absolute Gasteiger partial charge is 0.480 e. The maximum absolute atomic E-state index is 12.0. The third-order valence-electron chi connectivity index (χ3n) is 2.87. The van der Waals surface area contributed by atoms with Crippen LogP contribution in [0.2, 0.25) is 0 Å². The molecule has 0 radical (unpaired) electrons. The van der Waals surface area contributed by atoms with Gasteiger partial charge in [-0.1, -0.05) is 12.1 Å². The summed E-state index contributed by atoms with van der Waals surface area (Å²) in [5, 5.41) is 11.8. The molecule has 2 aromatic rings. The van der Waals surface area contributed by atoms with Gasteiger partial charge in [0.15, 0.2) is 0 Å². The lowest BCUT2D eigenvalue weighted by molar-refractivity contribution is -0.139. The number of aromatic nitrogens is 1. The summed E-state index contributed by atoms with van der Waals surface area (Å²) in [5.41, 5.74) is 1.25. The first-order chi connectivity index (χ1) is 10.1. The SMILES string of the molecule is O=C(N[C@@H](Cc1cccc(I)c1)C(=O)O)c1ccncc1. The Labute approximate surface area is 135 Å². The Balaban J connectivity index is 2.09. The summed E-state index contributed by atoms with van der Waals surface area (Å²) >= 11 is 2.16. The number of rotatable bonds is 5. The van der Waals surface area contributed by atoms with Crippen molar-refractivity contribution in [1.29, 1.82) is 0 Å². The lowest BCUT2D eigenvalue weighted by Gasteiger charge is -2.14. The zero-order valence-corrected chi connectivity index (χ0v) is 13.1. The molecule has 6 heteroatoms. The van der Waals surface area contributed by atoms with Crippen LogP contribution >= 0.6 is 22.6 Å². The van der Waals surface area contributed by atoms with Gasteiger partial charge >= 0.3 is 5.97 Å². The Morgan fingerprint density at radius 3 is 2.57 bits per heavy atom. The first kappa shape index (κ1) is 15.4. The molecule has 2 rings (SSSR count). The van der Waals surface area contributed by atoms with Gasteiger partial charge in [-0.05, 0) is 52.4 Å². The van der Waals surface area contributed by atoms with E-state index in [2.05, 4.69) is 32.9 Å². The molecular formula is C15H13IN2O3. The highest BCUT2D eigenvalue weighted by Gasteiger charge is 2.21. The molecule has 0 aliphatic heterocycles. The summed E-state index contributed by atoms with van der Waals surface area (Å²) in [7, 11) is 0. The van der Waals surface area contributed by atoms with Crippen LogP contribution in [0.4, 0.5) is 0 Å². The molecule has 0 saturated carbocycles. The molecule has 2 N–H and O–H groups in total. The van der Waals surface area contributed by atoms with Crippen molar-refractivity contribution in [3.63, 3.8) is 0 Å². The lowest BCUT2D eigenvalue weighted by atomic mass is 10.1. The highest BCUT2D eigenvalue weighted by atomic mass is 127. The summed E-state index contributed by atoms with van der Waals surface area (Å²) in [6.07, 6.45) is 3.22. The third-order valence-corrected chi connectivity index (χ3v) is 3.55. The topological polar surface area (TPSA) is 79.3 Å². The zero-order chi connectivity index (χ0) is 15.2. The predicted molar refractivity (Wildman–Crippen MR) is 86.0 cm³/mol. The Morgan fingerprint density at radius 1 is 1.24 bits per heavy atom. The number of aliphatic carboxylic acids is 1. The Morgan fingerprint density at radius 2 is 1.95 bits per heavy atom. The highest BCUT2D eigenvalue weighted by molar-refractivity contribution is 14.1. The maximum Gasteiger partial charge on any atom is 0.326 e. The van der Waals surface area contributed by atoms with Crippen LogP contribution in [0.5, 0.6) is 0 Å². The number of hydrogen-bond acceptors (Lipinski definition) is 3. The second kappa shape index (κ2) is 7.16. The number of hydrogen-bond donors (Lipinski definition) is 2. The molecule has 0 saturated heterocycles. The number of benzene rings is 1. The summed E-state index contributed by atoms with van der Waals surface area (Å²) in [6, 6.07) is 9.64. The molecule has 0 aliphatic carbocycles. The van der Waals surface area contributed by atoms with Crippen LogP contribution in [0.15, 0.2) is 48.8 Å². The van der Waals surface area contributed by atoms with Gasteiger partial charge in [-0.15, -0.1) is 0 Å². The van der Waals surface area contributed by atoms with Crippen LogP contribution in [0, 0.1) is 3.57 Å². The third kappa shape index (κ3) is 4.52. The average molecular weight is 396 g/mol. The van der Waals surface area contributed by atoms with Crippen molar-refractivity contribution in [3.05, 3.63) is 63.5 Å².